The summed E-state index contributed by atoms with van der Waals surface area (Å²) < 4.78 is 5.49. The minimum absolute atomic E-state index is 0.337. The van der Waals surface area contributed by atoms with Gasteiger partial charge < -0.3 is 10.5 Å². The highest BCUT2D eigenvalue weighted by Gasteiger charge is 2.16. The van der Waals surface area contributed by atoms with Gasteiger partial charge in [0, 0.05) is 17.8 Å². The lowest BCUT2D eigenvalue weighted by Crippen LogP contribution is -2.41. The Morgan fingerprint density at radius 2 is 2.40 bits per heavy atom. The number of ether oxygens (including phenoxy) is 1. The molecule has 1 aromatic rings. The molecule has 0 aliphatic heterocycles. The van der Waals surface area contributed by atoms with Crippen LogP contribution in [-0.4, -0.2) is 17.1 Å². The molecule has 4 heteroatoms. The van der Waals surface area contributed by atoms with E-state index >= 15 is 0 Å². The number of nitriles is 1. The Morgan fingerprint density at radius 3 is 3.00 bits per heavy atom. The lowest BCUT2D eigenvalue weighted by atomic mass is 10.0. The quantitative estimate of drug-likeness (QED) is 0.807. The van der Waals surface area contributed by atoms with Crippen molar-refractivity contribution >= 4 is 0 Å². The Morgan fingerprint density at radius 1 is 1.67 bits per heavy atom. The summed E-state index contributed by atoms with van der Waals surface area (Å²) in [6.07, 6.45) is 2.39. The molecule has 0 amide bonds. The number of rotatable bonds is 4. The normalized spacial score (nSPS) is 14.0. The summed E-state index contributed by atoms with van der Waals surface area (Å²) in [4.78, 5) is 3.85. The molecule has 1 rings (SSSR count). The van der Waals surface area contributed by atoms with Gasteiger partial charge in [-0.1, -0.05) is 6.92 Å². The second-order valence-electron chi connectivity index (χ2n) is 3.78. The van der Waals surface area contributed by atoms with Crippen molar-refractivity contribution in [2.75, 3.05) is 6.61 Å². The summed E-state index contributed by atoms with van der Waals surface area (Å²) in [7, 11) is 0. The smallest absolute Gasteiger partial charge is 0.144 e. The number of aromatic nitrogens is 1. The van der Waals surface area contributed by atoms with Gasteiger partial charge in [0.2, 0.25) is 0 Å². The first-order valence-corrected chi connectivity index (χ1v) is 4.85. The van der Waals surface area contributed by atoms with Crippen LogP contribution in [0.2, 0.25) is 0 Å². The average Bonchev–Trinajstić information content (AvgIpc) is 2.27. The highest BCUT2D eigenvalue weighted by atomic mass is 16.5. The Labute approximate surface area is 89.7 Å². The maximum absolute atomic E-state index is 8.64. The van der Waals surface area contributed by atoms with E-state index in [-0.39, 0.29) is 5.54 Å². The van der Waals surface area contributed by atoms with Crippen LogP contribution in [0.15, 0.2) is 18.3 Å². The maximum atomic E-state index is 8.64. The van der Waals surface area contributed by atoms with E-state index in [0.29, 0.717) is 18.1 Å². The van der Waals surface area contributed by atoms with Crippen LogP contribution in [-0.2, 0) is 0 Å². The predicted molar refractivity (Wildman–Crippen MR) is 57.3 cm³/mol. The van der Waals surface area contributed by atoms with E-state index in [1.54, 1.807) is 18.3 Å². The fraction of sp³-hybridized carbons (Fsp3) is 0.455. The second-order valence-corrected chi connectivity index (χ2v) is 3.78. The Kier molecular flexibility index (Phi) is 3.64. The number of hydrogen-bond donors (Lipinski definition) is 1. The molecule has 4 nitrogen and oxygen atoms in total. The maximum Gasteiger partial charge on any atom is 0.144 e. The molecule has 0 saturated heterocycles. The van der Waals surface area contributed by atoms with Crippen molar-refractivity contribution in [1.82, 2.24) is 4.98 Å². The minimum atomic E-state index is -0.337. The van der Waals surface area contributed by atoms with E-state index in [2.05, 4.69) is 4.98 Å². The molecule has 1 heterocycles. The molecule has 0 saturated carbocycles. The lowest BCUT2D eigenvalue weighted by Gasteiger charge is -2.22. The van der Waals surface area contributed by atoms with Crippen LogP contribution < -0.4 is 10.5 Å². The molecule has 0 fully saturated rings. The number of nitrogens with zero attached hydrogens (tertiary/aromatic N) is 2. The fourth-order valence-corrected chi connectivity index (χ4v) is 0.912. The van der Waals surface area contributed by atoms with Gasteiger partial charge in [-0.05, 0) is 19.4 Å². The summed E-state index contributed by atoms with van der Waals surface area (Å²) in [6, 6.07) is 5.27. The molecule has 0 spiro atoms. The summed E-state index contributed by atoms with van der Waals surface area (Å²) >= 11 is 0. The molecule has 1 atom stereocenters. The second kappa shape index (κ2) is 4.76. The van der Waals surface area contributed by atoms with E-state index in [0.717, 1.165) is 6.42 Å². The molecular formula is C11H15N3O. The highest BCUT2D eigenvalue weighted by Crippen LogP contribution is 2.13. The third kappa shape index (κ3) is 3.56. The minimum Gasteiger partial charge on any atom is -0.492 e. The molecule has 0 aliphatic rings. The van der Waals surface area contributed by atoms with Gasteiger partial charge in [-0.25, -0.2) is 4.98 Å². The van der Waals surface area contributed by atoms with Gasteiger partial charge in [0.25, 0.3) is 0 Å². The summed E-state index contributed by atoms with van der Waals surface area (Å²) in [5.41, 5.74) is 5.94. The van der Waals surface area contributed by atoms with E-state index in [1.165, 1.54) is 0 Å². The van der Waals surface area contributed by atoms with Crippen LogP contribution in [0.25, 0.3) is 0 Å². The van der Waals surface area contributed by atoms with Crippen molar-refractivity contribution < 1.29 is 4.74 Å². The lowest BCUT2D eigenvalue weighted by molar-refractivity contribution is 0.225. The molecule has 0 aromatic carbocycles. The van der Waals surface area contributed by atoms with Gasteiger partial charge in [-0.2, -0.15) is 5.26 Å². The molecular weight excluding hydrogens is 190 g/mol. The summed E-state index contributed by atoms with van der Waals surface area (Å²) in [5.74, 6) is 0.631. The van der Waals surface area contributed by atoms with Crippen LogP contribution in [0.5, 0.6) is 5.75 Å². The van der Waals surface area contributed by atoms with Gasteiger partial charge in [0.15, 0.2) is 0 Å². The van der Waals surface area contributed by atoms with E-state index < -0.39 is 0 Å². The van der Waals surface area contributed by atoms with Crippen LogP contribution in [0.4, 0.5) is 0 Å². The predicted octanol–water partition coefficient (Wildman–Crippen LogP) is 1.46. The molecule has 2 N–H and O–H groups in total. The zero-order valence-electron chi connectivity index (χ0n) is 9.03. The van der Waals surface area contributed by atoms with Gasteiger partial charge in [0.05, 0.1) is 0 Å². The zero-order valence-corrected chi connectivity index (χ0v) is 9.03. The van der Waals surface area contributed by atoms with Crippen LogP contribution in [0.3, 0.4) is 0 Å². The molecule has 0 aliphatic carbocycles. The summed E-state index contributed by atoms with van der Waals surface area (Å²) in [6.45, 7) is 4.37. The number of nitrogens with two attached hydrogens (primary N) is 1. The molecule has 1 aromatic heterocycles. The average molecular weight is 205 g/mol. The number of pyridine rings is 1. The first-order valence-electron chi connectivity index (χ1n) is 4.85. The molecule has 0 bridgehead atoms. The number of hydrogen-bond acceptors (Lipinski definition) is 4. The van der Waals surface area contributed by atoms with Gasteiger partial charge in [-0.3, -0.25) is 0 Å². The Hall–Kier alpha value is -1.60. The van der Waals surface area contributed by atoms with Gasteiger partial charge in [0.1, 0.15) is 24.1 Å². The zero-order chi connectivity index (χ0) is 11.3. The SMILES string of the molecule is CCC(C)(N)COc1ccnc(C#N)c1. The van der Waals surface area contributed by atoms with E-state index in [9.17, 15) is 0 Å². The summed E-state index contributed by atoms with van der Waals surface area (Å²) in [5, 5.41) is 8.64. The largest absolute Gasteiger partial charge is 0.492 e. The first-order chi connectivity index (χ1) is 7.07. The van der Waals surface area contributed by atoms with Crippen molar-refractivity contribution in [3.8, 4) is 11.8 Å². The van der Waals surface area contributed by atoms with Gasteiger partial charge >= 0.3 is 0 Å². The van der Waals surface area contributed by atoms with Crippen molar-refractivity contribution in [1.29, 1.82) is 5.26 Å². The Balaban J connectivity index is 2.62. The van der Waals surface area contributed by atoms with Crippen molar-refractivity contribution in [2.45, 2.75) is 25.8 Å². The van der Waals surface area contributed by atoms with Crippen molar-refractivity contribution in [2.24, 2.45) is 5.73 Å². The standard InChI is InChI=1S/C11H15N3O/c1-3-11(2,13)8-15-10-4-5-14-9(6-10)7-12/h4-6H,3,8,13H2,1-2H3. The van der Waals surface area contributed by atoms with Crippen LogP contribution in [0, 0.1) is 11.3 Å². The van der Waals surface area contributed by atoms with Crippen molar-refractivity contribution in [3.63, 3.8) is 0 Å². The highest BCUT2D eigenvalue weighted by molar-refractivity contribution is 5.29. The monoisotopic (exact) mass is 205 g/mol. The topological polar surface area (TPSA) is 71.9 Å². The van der Waals surface area contributed by atoms with E-state index in [4.69, 9.17) is 15.7 Å². The van der Waals surface area contributed by atoms with Crippen LogP contribution in [0.1, 0.15) is 26.0 Å². The van der Waals surface area contributed by atoms with Gasteiger partial charge in [-0.15, -0.1) is 0 Å². The molecule has 1 unspecified atom stereocenters. The van der Waals surface area contributed by atoms with E-state index in [1.807, 2.05) is 19.9 Å². The first kappa shape index (κ1) is 11.5. The fourth-order valence-electron chi connectivity index (χ4n) is 0.912. The third-order valence-electron chi connectivity index (χ3n) is 2.22. The molecule has 80 valence electrons. The third-order valence-corrected chi connectivity index (χ3v) is 2.22. The molecule has 15 heavy (non-hydrogen) atoms. The Bertz CT molecular complexity index is 368. The van der Waals surface area contributed by atoms with Crippen molar-refractivity contribution in [3.05, 3.63) is 24.0 Å². The van der Waals surface area contributed by atoms with Crippen LogP contribution >= 0.6 is 0 Å². The molecule has 0 radical (unpaired) electrons.